The number of oxime groups is 1. The number of hydrogen-bond acceptors (Lipinski definition) is 3. The smallest absolute Gasteiger partial charge is 0.128 e. The van der Waals surface area contributed by atoms with E-state index in [0.29, 0.717) is 29.5 Å². The van der Waals surface area contributed by atoms with Crippen LogP contribution >= 0.6 is 11.6 Å². The van der Waals surface area contributed by atoms with Gasteiger partial charge in [0.2, 0.25) is 0 Å². The molecule has 0 fully saturated rings. The van der Waals surface area contributed by atoms with E-state index < -0.39 is 0 Å². The molecule has 2 aromatic carbocycles. The molecule has 0 bridgehead atoms. The normalized spacial score (nSPS) is 11.4. The number of hydrogen-bond donors (Lipinski definition) is 1. The number of halogens is 1. The zero-order valence-corrected chi connectivity index (χ0v) is 12.0. The number of para-hydroxylation sites is 1. The molecule has 0 saturated carbocycles. The van der Waals surface area contributed by atoms with Crippen molar-refractivity contribution < 1.29 is 9.94 Å². The molecule has 0 spiro atoms. The molecule has 2 aromatic rings. The van der Waals surface area contributed by atoms with Gasteiger partial charge in [0.15, 0.2) is 0 Å². The van der Waals surface area contributed by atoms with Gasteiger partial charge in [-0.25, -0.2) is 0 Å². The topological polar surface area (TPSA) is 41.8 Å². The van der Waals surface area contributed by atoms with Crippen LogP contribution in [0.2, 0.25) is 5.02 Å². The Kier molecular flexibility index (Phi) is 5.02. The first-order valence-electron chi connectivity index (χ1n) is 6.42. The molecular formula is C16H16ClNO2. The van der Waals surface area contributed by atoms with Gasteiger partial charge in [0, 0.05) is 10.6 Å². The molecule has 0 amide bonds. The maximum absolute atomic E-state index is 9.04. The third-order valence-corrected chi connectivity index (χ3v) is 3.17. The summed E-state index contributed by atoms with van der Waals surface area (Å²) in [6.07, 6.45) is 0.633. The fourth-order valence-corrected chi connectivity index (χ4v) is 2.15. The molecule has 0 aliphatic heterocycles. The van der Waals surface area contributed by atoms with E-state index in [1.165, 1.54) is 0 Å². The lowest BCUT2D eigenvalue weighted by atomic mass is 10.1. The summed E-state index contributed by atoms with van der Waals surface area (Å²) in [6.45, 7) is 2.35. The largest absolute Gasteiger partial charge is 0.488 e. The molecular weight excluding hydrogens is 274 g/mol. The minimum absolute atomic E-state index is 0.417. The second-order valence-corrected chi connectivity index (χ2v) is 4.75. The lowest BCUT2D eigenvalue weighted by Crippen LogP contribution is -2.04. The predicted molar refractivity (Wildman–Crippen MR) is 80.8 cm³/mol. The fourth-order valence-electron chi connectivity index (χ4n) is 1.93. The van der Waals surface area contributed by atoms with Gasteiger partial charge in [-0.2, -0.15) is 0 Å². The summed E-state index contributed by atoms with van der Waals surface area (Å²) >= 11 is 5.95. The Bertz CT molecular complexity index is 611. The van der Waals surface area contributed by atoms with Gasteiger partial charge < -0.3 is 9.94 Å². The molecule has 3 nitrogen and oxygen atoms in total. The summed E-state index contributed by atoms with van der Waals surface area (Å²) < 4.78 is 5.81. The minimum atomic E-state index is 0.417. The van der Waals surface area contributed by atoms with Crippen LogP contribution in [0, 0.1) is 0 Å². The van der Waals surface area contributed by atoms with Gasteiger partial charge in [-0.3, -0.25) is 0 Å². The second-order valence-electron chi connectivity index (χ2n) is 4.32. The molecule has 0 radical (unpaired) electrons. The predicted octanol–water partition coefficient (Wildman–Crippen LogP) is 4.51. The van der Waals surface area contributed by atoms with Crippen molar-refractivity contribution in [3.8, 4) is 5.75 Å². The van der Waals surface area contributed by atoms with Crippen LogP contribution in [0.4, 0.5) is 0 Å². The first-order valence-corrected chi connectivity index (χ1v) is 6.80. The summed E-state index contributed by atoms with van der Waals surface area (Å²) in [5, 5.41) is 13.0. The third-order valence-electron chi connectivity index (χ3n) is 2.94. The van der Waals surface area contributed by atoms with Crippen molar-refractivity contribution >= 4 is 17.3 Å². The van der Waals surface area contributed by atoms with Crippen LogP contribution in [0.25, 0.3) is 0 Å². The van der Waals surface area contributed by atoms with Gasteiger partial charge >= 0.3 is 0 Å². The maximum Gasteiger partial charge on any atom is 0.128 e. The zero-order chi connectivity index (χ0) is 14.4. The maximum atomic E-state index is 9.04. The molecule has 0 aliphatic carbocycles. The van der Waals surface area contributed by atoms with E-state index in [2.05, 4.69) is 5.16 Å². The number of rotatable bonds is 5. The lowest BCUT2D eigenvalue weighted by Gasteiger charge is -2.11. The standard InChI is InChI=1S/C16H16ClNO2/c1-2-15(18-19)14-8-3-4-9-16(14)20-11-12-6-5-7-13(17)10-12/h3-10,19H,2,11H2,1H3/b18-15+. The molecule has 0 unspecified atom stereocenters. The number of benzene rings is 2. The van der Waals surface area contributed by atoms with Crippen molar-refractivity contribution in [1.29, 1.82) is 0 Å². The molecule has 20 heavy (non-hydrogen) atoms. The van der Waals surface area contributed by atoms with Gasteiger partial charge in [0.25, 0.3) is 0 Å². The highest BCUT2D eigenvalue weighted by molar-refractivity contribution is 6.30. The quantitative estimate of drug-likeness (QED) is 0.500. The fraction of sp³-hybridized carbons (Fsp3) is 0.188. The number of nitrogens with zero attached hydrogens (tertiary/aromatic N) is 1. The third kappa shape index (κ3) is 3.52. The van der Waals surface area contributed by atoms with Crippen molar-refractivity contribution in [1.82, 2.24) is 0 Å². The Morgan fingerprint density at radius 2 is 2.00 bits per heavy atom. The number of ether oxygens (including phenoxy) is 1. The van der Waals surface area contributed by atoms with Crippen molar-refractivity contribution in [2.24, 2.45) is 5.16 Å². The molecule has 1 N–H and O–H groups in total. The van der Waals surface area contributed by atoms with Crippen LogP contribution in [0.15, 0.2) is 53.7 Å². The first kappa shape index (κ1) is 14.4. The minimum Gasteiger partial charge on any atom is -0.488 e. The molecule has 4 heteroatoms. The van der Waals surface area contributed by atoms with Crippen LogP contribution < -0.4 is 4.74 Å². The summed E-state index contributed by atoms with van der Waals surface area (Å²) in [6, 6.07) is 15.1. The SMILES string of the molecule is CC/C(=N\O)c1ccccc1OCc1cccc(Cl)c1. The van der Waals surface area contributed by atoms with Gasteiger partial charge in [-0.15, -0.1) is 0 Å². The van der Waals surface area contributed by atoms with Crippen LogP contribution in [0.1, 0.15) is 24.5 Å². The Hall–Kier alpha value is -2.00. The van der Waals surface area contributed by atoms with Crippen molar-refractivity contribution in [2.75, 3.05) is 0 Å². The Balaban J connectivity index is 2.18. The molecule has 0 aliphatic rings. The van der Waals surface area contributed by atoms with Crippen LogP contribution in [0.5, 0.6) is 5.75 Å². The van der Waals surface area contributed by atoms with Crippen molar-refractivity contribution in [3.05, 3.63) is 64.7 Å². The van der Waals surface area contributed by atoms with E-state index in [1.807, 2.05) is 55.5 Å². The van der Waals surface area contributed by atoms with E-state index in [-0.39, 0.29) is 0 Å². The Morgan fingerprint density at radius 1 is 1.20 bits per heavy atom. The van der Waals surface area contributed by atoms with Crippen LogP contribution in [-0.2, 0) is 6.61 Å². The van der Waals surface area contributed by atoms with E-state index in [1.54, 1.807) is 0 Å². The van der Waals surface area contributed by atoms with Gasteiger partial charge in [-0.1, -0.05) is 47.9 Å². The van der Waals surface area contributed by atoms with E-state index >= 15 is 0 Å². The van der Waals surface area contributed by atoms with E-state index in [0.717, 1.165) is 11.1 Å². The highest BCUT2D eigenvalue weighted by atomic mass is 35.5. The average Bonchev–Trinajstić information content (AvgIpc) is 2.48. The van der Waals surface area contributed by atoms with Crippen LogP contribution in [0.3, 0.4) is 0 Å². The Labute approximate surface area is 123 Å². The summed E-state index contributed by atoms with van der Waals surface area (Å²) in [5.41, 5.74) is 2.40. The van der Waals surface area contributed by atoms with E-state index in [4.69, 9.17) is 21.5 Å². The zero-order valence-electron chi connectivity index (χ0n) is 11.2. The molecule has 104 valence electrons. The van der Waals surface area contributed by atoms with Crippen LogP contribution in [-0.4, -0.2) is 10.9 Å². The summed E-state index contributed by atoms with van der Waals surface area (Å²) in [7, 11) is 0. The monoisotopic (exact) mass is 289 g/mol. The van der Waals surface area contributed by atoms with Gasteiger partial charge in [0.1, 0.15) is 12.4 Å². The molecule has 0 aromatic heterocycles. The summed E-state index contributed by atoms with van der Waals surface area (Å²) in [5.74, 6) is 0.696. The van der Waals surface area contributed by atoms with E-state index in [9.17, 15) is 0 Å². The highest BCUT2D eigenvalue weighted by Gasteiger charge is 2.09. The first-order chi connectivity index (χ1) is 9.74. The highest BCUT2D eigenvalue weighted by Crippen LogP contribution is 2.22. The lowest BCUT2D eigenvalue weighted by molar-refractivity contribution is 0.303. The molecule has 2 rings (SSSR count). The molecule has 0 saturated heterocycles. The summed E-state index contributed by atoms with van der Waals surface area (Å²) in [4.78, 5) is 0. The molecule has 0 heterocycles. The van der Waals surface area contributed by atoms with Gasteiger partial charge in [-0.05, 0) is 36.2 Å². The molecule has 0 atom stereocenters. The second kappa shape index (κ2) is 6.96. The van der Waals surface area contributed by atoms with Crippen molar-refractivity contribution in [2.45, 2.75) is 20.0 Å². The average molecular weight is 290 g/mol. The Morgan fingerprint density at radius 3 is 2.70 bits per heavy atom. The van der Waals surface area contributed by atoms with Gasteiger partial charge in [0.05, 0.1) is 5.71 Å². The van der Waals surface area contributed by atoms with Crippen molar-refractivity contribution in [3.63, 3.8) is 0 Å².